The first kappa shape index (κ1) is 6.60. The molecule has 0 aromatic rings. The van der Waals surface area contributed by atoms with Crippen LogP contribution in [-0.2, 0) is 0 Å². The molecule has 3 radical (unpaired) electrons. The van der Waals surface area contributed by atoms with Crippen molar-refractivity contribution in [1.29, 1.82) is 0 Å². The van der Waals surface area contributed by atoms with Gasteiger partial charge in [0.1, 0.15) is 0 Å². The van der Waals surface area contributed by atoms with Crippen molar-refractivity contribution >= 4 is 0 Å². The minimum absolute atomic E-state index is 0.961. The van der Waals surface area contributed by atoms with Gasteiger partial charge in [0.2, 0.25) is 0 Å². The summed E-state index contributed by atoms with van der Waals surface area (Å²) in [5.74, 6) is 0. The van der Waals surface area contributed by atoms with E-state index in [9.17, 15) is 0 Å². The Kier molecular flexibility index (Phi) is 1.75. The van der Waals surface area contributed by atoms with Crippen LogP contribution in [0.2, 0.25) is 0 Å². The van der Waals surface area contributed by atoms with E-state index in [0.717, 1.165) is 6.42 Å². The second-order valence-corrected chi connectivity index (χ2v) is 2.51. The van der Waals surface area contributed by atoms with E-state index in [-0.39, 0.29) is 0 Å². The summed E-state index contributed by atoms with van der Waals surface area (Å²) < 4.78 is 0. The van der Waals surface area contributed by atoms with Gasteiger partial charge in [-0.25, -0.2) is 0 Å². The predicted octanol–water partition coefficient (Wildman–Crippen LogP) is 2.56. The first-order valence-corrected chi connectivity index (χ1v) is 3.21. The zero-order valence-corrected chi connectivity index (χ0v) is 6.21. The molecule has 0 atom stereocenters. The van der Waals surface area contributed by atoms with Gasteiger partial charge in [0.25, 0.3) is 0 Å². The Morgan fingerprint density at radius 2 is 1.78 bits per heavy atom. The second kappa shape index (κ2) is 2.38. The van der Waals surface area contributed by atoms with Crippen molar-refractivity contribution in [3.05, 3.63) is 29.2 Å². The standard InChI is InChI=1S/C9H11/c1-7-4-5-8(2)9(3)6-7/h4H2,1-3H3. The van der Waals surface area contributed by atoms with E-state index < -0.39 is 0 Å². The van der Waals surface area contributed by atoms with Gasteiger partial charge < -0.3 is 0 Å². The summed E-state index contributed by atoms with van der Waals surface area (Å²) in [4.78, 5) is 0. The van der Waals surface area contributed by atoms with E-state index in [2.05, 4.69) is 33.3 Å². The average molecular weight is 119 g/mol. The highest BCUT2D eigenvalue weighted by molar-refractivity contribution is 5.31. The summed E-state index contributed by atoms with van der Waals surface area (Å²) in [6.07, 6.45) is 7.49. The van der Waals surface area contributed by atoms with Crippen LogP contribution < -0.4 is 0 Å². The monoisotopic (exact) mass is 119 g/mol. The number of hydrogen-bond donors (Lipinski definition) is 0. The van der Waals surface area contributed by atoms with Gasteiger partial charge in [-0.2, -0.15) is 0 Å². The van der Waals surface area contributed by atoms with E-state index in [1.165, 1.54) is 16.7 Å². The Bertz CT molecular complexity index is 170. The Labute approximate surface area is 57.3 Å². The van der Waals surface area contributed by atoms with Crippen molar-refractivity contribution in [2.45, 2.75) is 27.2 Å². The minimum Gasteiger partial charge on any atom is -0.0643 e. The molecule has 0 heterocycles. The van der Waals surface area contributed by atoms with Gasteiger partial charge in [0, 0.05) is 6.42 Å². The lowest BCUT2D eigenvalue weighted by Gasteiger charge is -2.09. The topological polar surface area (TPSA) is 0 Å². The van der Waals surface area contributed by atoms with Gasteiger partial charge in [-0.05, 0) is 38.8 Å². The van der Waals surface area contributed by atoms with Gasteiger partial charge in [-0.3, -0.25) is 0 Å². The maximum absolute atomic E-state index is 3.26. The van der Waals surface area contributed by atoms with Gasteiger partial charge in [-0.15, -0.1) is 0 Å². The van der Waals surface area contributed by atoms with Crippen LogP contribution in [0, 0.1) is 12.5 Å². The zero-order chi connectivity index (χ0) is 6.85. The molecule has 0 bridgehead atoms. The third kappa shape index (κ3) is 1.44. The molecule has 1 aliphatic carbocycles. The fourth-order valence-corrected chi connectivity index (χ4v) is 0.856. The molecular weight excluding hydrogens is 108 g/mol. The van der Waals surface area contributed by atoms with Crippen LogP contribution in [0.4, 0.5) is 0 Å². The SMILES string of the molecule is CC1=[C]C(C)=C(C)[C]C1. The lowest BCUT2D eigenvalue weighted by Crippen LogP contribution is -1.93. The third-order valence-electron chi connectivity index (χ3n) is 1.58. The molecule has 9 heavy (non-hydrogen) atoms. The van der Waals surface area contributed by atoms with E-state index in [1.54, 1.807) is 0 Å². The average Bonchev–Trinajstić information content (AvgIpc) is 1.80. The van der Waals surface area contributed by atoms with Crippen molar-refractivity contribution in [3.63, 3.8) is 0 Å². The van der Waals surface area contributed by atoms with Gasteiger partial charge in [-0.1, -0.05) is 11.1 Å². The molecule has 0 aliphatic heterocycles. The normalized spacial score (nSPS) is 20.1. The predicted molar refractivity (Wildman–Crippen MR) is 38.7 cm³/mol. The van der Waals surface area contributed by atoms with Crippen molar-refractivity contribution < 1.29 is 0 Å². The number of allylic oxidation sites excluding steroid dienone is 4. The van der Waals surface area contributed by atoms with Crippen molar-refractivity contribution in [3.8, 4) is 0 Å². The maximum atomic E-state index is 3.26. The molecule has 0 nitrogen and oxygen atoms in total. The lowest BCUT2D eigenvalue weighted by atomic mass is 9.95. The molecule has 0 aromatic heterocycles. The van der Waals surface area contributed by atoms with Crippen LogP contribution in [0.15, 0.2) is 16.7 Å². The summed E-state index contributed by atoms with van der Waals surface area (Å²) >= 11 is 0. The van der Waals surface area contributed by atoms with E-state index in [0.29, 0.717) is 0 Å². The molecule has 1 aliphatic rings. The van der Waals surface area contributed by atoms with Crippen LogP contribution >= 0.6 is 0 Å². The quantitative estimate of drug-likeness (QED) is 0.459. The Hall–Kier alpha value is -0.520. The highest BCUT2D eigenvalue weighted by Crippen LogP contribution is 2.20. The highest BCUT2D eigenvalue weighted by atomic mass is 14.1. The van der Waals surface area contributed by atoms with Crippen LogP contribution in [0.25, 0.3) is 0 Å². The zero-order valence-electron chi connectivity index (χ0n) is 6.21. The summed E-state index contributed by atoms with van der Waals surface area (Å²) in [7, 11) is 0. The van der Waals surface area contributed by atoms with Gasteiger partial charge >= 0.3 is 0 Å². The van der Waals surface area contributed by atoms with E-state index >= 15 is 0 Å². The number of rotatable bonds is 0. The van der Waals surface area contributed by atoms with Crippen molar-refractivity contribution in [2.75, 3.05) is 0 Å². The molecule has 0 saturated carbocycles. The van der Waals surface area contributed by atoms with Crippen LogP contribution in [0.5, 0.6) is 0 Å². The van der Waals surface area contributed by atoms with Crippen LogP contribution in [-0.4, -0.2) is 0 Å². The molecule has 0 spiro atoms. The summed E-state index contributed by atoms with van der Waals surface area (Å²) in [5.41, 5.74) is 3.78. The summed E-state index contributed by atoms with van der Waals surface area (Å²) in [5, 5.41) is 0. The molecule has 0 saturated heterocycles. The van der Waals surface area contributed by atoms with Gasteiger partial charge in [0.05, 0.1) is 0 Å². The van der Waals surface area contributed by atoms with Crippen molar-refractivity contribution in [1.82, 2.24) is 0 Å². The minimum atomic E-state index is 0.961. The van der Waals surface area contributed by atoms with Crippen LogP contribution in [0.1, 0.15) is 27.2 Å². The molecular formula is C9H11. The number of hydrogen-bond acceptors (Lipinski definition) is 0. The molecule has 0 aromatic carbocycles. The fraction of sp³-hybridized carbons (Fsp3) is 0.444. The lowest BCUT2D eigenvalue weighted by molar-refractivity contribution is 1.04. The largest absolute Gasteiger partial charge is 0.0643 e. The molecule has 0 heteroatoms. The fourth-order valence-electron chi connectivity index (χ4n) is 0.856. The van der Waals surface area contributed by atoms with Gasteiger partial charge in [0.15, 0.2) is 0 Å². The Morgan fingerprint density at radius 1 is 1.11 bits per heavy atom. The smallest absolute Gasteiger partial charge is 0.0164 e. The molecule has 1 rings (SSSR count). The Morgan fingerprint density at radius 3 is 2.22 bits per heavy atom. The molecule has 47 valence electrons. The van der Waals surface area contributed by atoms with E-state index in [4.69, 9.17) is 0 Å². The van der Waals surface area contributed by atoms with Crippen LogP contribution in [0.3, 0.4) is 0 Å². The highest BCUT2D eigenvalue weighted by Gasteiger charge is 2.03. The Balaban J connectivity index is 2.83. The molecule has 0 N–H and O–H groups in total. The van der Waals surface area contributed by atoms with E-state index in [1.807, 2.05) is 0 Å². The summed E-state index contributed by atoms with van der Waals surface area (Å²) in [6.45, 7) is 6.24. The molecule has 0 fully saturated rings. The first-order valence-electron chi connectivity index (χ1n) is 3.21. The maximum Gasteiger partial charge on any atom is 0.0164 e. The molecule has 0 amide bonds. The third-order valence-corrected chi connectivity index (χ3v) is 1.58. The molecule has 0 unspecified atom stereocenters. The second-order valence-electron chi connectivity index (χ2n) is 2.51. The van der Waals surface area contributed by atoms with Crippen molar-refractivity contribution in [2.24, 2.45) is 0 Å². The first-order chi connectivity index (χ1) is 4.20. The summed E-state index contributed by atoms with van der Waals surface area (Å²) in [6, 6.07) is 0.